The Morgan fingerprint density at radius 3 is 2.40 bits per heavy atom. The molecule has 25 heavy (non-hydrogen) atoms. The lowest BCUT2D eigenvalue weighted by Gasteiger charge is -2.29. The molecule has 2 amide bonds. The van der Waals surface area contributed by atoms with Gasteiger partial charge in [-0.15, -0.1) is 0 Å². The van der Waals surface area contributed by atoms with E-state index in [1.165, 1.54) is 0 Å². The number of nitrogens with zero attached hydrogens (tertiary/aromatic N) is 1. The fourth-order valence-electron chi connectivity index (χ4n) is 3.22. The molecule has 6 nitrogen and oxygen atoms in total. The van der Waals surface area contributed by atoms with Gasteiger partial charge in [-0.25, -0.2) is 0 Å². The second-order valence-corrected chi connectivity index (χ2v) is 6.73. The summed E-state index contributed by atoms with van der Waals surface area (Å²) >= 11 is 5.87. The molecule has 1 aliphatic carbocycles. The van der Waals surface area contributed by atoms with Gasteiger partial charge in [0.15, 0.2) is 0 Å². The maximum Gasteiger partial charge on any atom is 0.228 e. The zero-order valence-electron chi connectivity index (χ0n) is 13.8. The van der Waals surface area contributed by atoms with E-state index in [1.54, 1.807) is 30.5 Å². The molecule has 1 fully saturated rings. The largest absolute Gasteiger partial charge is 0.350 e. The maximum absolute atomic E-state index is 12.7. The smallest absolute Gasteiger partial charge is 0.228 e. The van der Waals surface area contributed by atoms with E-state index in [1.807, 2.05) is 6.07 Å². The van der Waals surface area contributed by atoms with Crippen LogP contribution in [0.2, 0.25) is 5.02 Å². The van der Waals surface area contributed by atoms with Crippen LogP contribution in [-0.2, 0) is 16.1 Å². The second-order valence-electron chi connectivity index (χ2n) is 6.29. The third kappa shape index (κ3) is 4.60. The Morgan fingerprint density at radius 1 is 1.08 bits per heavy atom. The predicted molar refractivity (Wildman–Crippen MR) is 96.0 cm³/mol. The van der Waals surface area contributed by atoms with Crippen LogP contribution in [0.25, 0.3) is 0 Å². The number of amides is 2. The molecule has 7 heteroatoms. The van der Waals surface area contributed by atoms with Crippen molar-refractivity contribution in [3.8, 4) is 0 Å². The number of H-pyrrole nitrogens is 1. The summed E-state index contributed by atoms with van der Waals surface area (Å²) in [7, 11) is 0. The zero-order chi connectivity index (χ0) is 17.6. The summed E-state index contributed by atoms with van der Waals surface area (Å²) in [5.41, 5.74) is 1.53. The second kappa shape index (κ2) is 8.16. The van der Waals surface area contributed by atoms with Crippen molar-refractivity contribution in [1.29, 1.82) is 0 Å². The summed E-state index contributed by atoms with van der Waals surface area (Å²) in [5.74, 6) is -0.801. The number of aromatic amines is 1. The van der Waals surface area contributed by atoms with Gasteiger partial charge in [-0.3, -0.25) is 14.7 Å². The molecule has 0 unspecified atom stereocenters. The molecule has 2 aromatic rings. The first-order valence-electron chi connectivity index (χ1n) is 8.46. The summed E-state index contributed by atoms with van der Waals surface area (Å²) in [6.45, 7) is 0.390. The zero-order valence-corrected chi connectivity index (χ0v) is 14.6. The molecule has 0 bridgehead atoms. The number of benzene rings is 1. The molecule has 2 atom stereocenters. The number of rotatable bonds is 5. The van der Waals surface area contributed by atoms with Gasteiger partial charge in [0.25, 0.3) is 0 Å². The number of hydrogen-bond acceptors (Lipinski definition) is 3. The molecule has 1 aromatic carbocycles. The van der Waals surface area contributed by atoms with Crippen LogP contribution in [0.5, 0.6) is 0 Å². The van der Waals surface area contributed by atoms with Crippen LogP contribution < -0.4 is 10.6 Å². The number of carbonyl (C=O) groups excluding carboxylic acids is 2. The van der Waals surface area contributed by atoms with Crippen LogP contribution in [-0.4, -0.2) is 22.0 Å². The molecule has 1 heterocycles. The van der Waals surface area contributed by atoms with Crippen LogP contribution in [0, 0.1) is 11.8 Å². The van der Waals surface area contributed by atoms with Crippen LogP contribution in [0.1, 0.15) is 31.4 Å². The van der Waals surface area contributed by atoms with Crippen molar-refractivity contribution in [3.05, 3.63) is 47.2 Å². The van der Waals surface area contributed by atoms with E-state index in [2.05, 4.69) is 20.8 Å². The molecule has 1 aliphatic rings. The maximum atomic E-state index is 12.7. The van der Waals surface area contributed by atoms with E-state index < -0.39 is 0 Å². The van der Waals surface area contributed by atoms with Crippen molar-refractivity contribution in [3.63, 3.8) is 0 Å². The van der Waals surface area contributed by atoms with Crippen LogP contribution >= 0.6 is 11.6 Å². The minimum absolute atomic E-state index is 0.0782. The molecule has 0 spiro atoms. The highest BCUT2D eigenvalue weighted by Crippen LogP contribution is 2.31. The van der Waals surface area contributed by atoms with E-state index >= 15 is 0 Å². The van der Waals surface area contributed by atoms with Gasteiger partial charge in [0.1, 0.15) is 0 Å². The predicted octanol–water partition coefficient (Wildman–Crippen LogP) is 3.12. The summed E-state index contributed by atoms with van der Waals surface area (Å²) in [4.78, 5) is 25.2. The highest BCUT2D eigenvalue weighted by atomic mass is 35.5. The van der Waals surface area contributed by atoms with Crippen molar-refractivity contribution in [2.75, 3.05) is 5.32 Å². The number of halogens is 1. The Kier molecular flexibility index (Phi) is 5.71. The van der Waals surface area contributed by atoms with E-state index in [0.717, 1.165) is 31.4 Å². The average Bonchev–Trinajstić information content (AvgIpc) is 3.15. The standard InChI is InChI=1S/C18H21ClN4O2/c19-12-5-7-13(8-6-12)22-18(25)16-4-2-1-3-15(16)17(24)20-11-14-9-10-21-23-14/h5-10,15-16H,1-4,11H2,(H,20,24)(H,21,23)(H,22,25)/t15-,16+/m1/s1. The van der Waals surface area contributed by atoms with Gasteiger partial charge in [-0.05, 0) is 43.2 Å². The molecule has 3 N–H and O–H groups in total. The summed E-state index contributed by atoms with van der Waals surface area (Å²) < 4.78 is 0. The normalized spacial score (nSPS) is 20.0. The molecule has 1 aromatic heterocycles. The summed E-state index contributed by atoms with van der Waals surface area (Å²) in [6, 6.07) is 8.79. The van der Waals surface area contributed by atoms with E-state index in [0.29, 0.717) is 17.3 Å². The van der Waals surface area contributed by atoms with E-state index in [9.17, 15) is 9.59 Å². The van der Waals surface area contributed by atoms with Crippen molar-refractivity contribution >= 4 is 29.1 Å². The molecule has 0 saturated heterocycles. The van der Waals surface area contributed by atoms with Crippen LogP contribution in [0.4, 0.5) is 5.69 Å². The Bertz CT molecular complexity index is 715. The van der Waals surface area contributed by atoms with Gasteiger partial charge in [-0.2, -0.15) is 5.10 Å². The Balaban J connectivity index is 1.62. The number of hydrogen-bond donors (Lipinski definition) is 3. The minimum Gasteiger partial charge on any atom is -0.350 e. The molecule has 1 saturated carbocycles. The molecular formula is C18H21ClN4O2. The van der Waals surface area contributed by atoms with Gasteiger partial charge >= 0.3 is 0 Å². The summed E-state index contributed by atoms with van der Waals surface area (Å²) in [6.07, 6.45) is 5.02. The van der Waals surface area contributed by atoms with Gasteiger partial charge in [0.05, 0.1) is 12.2 Å². The van der Waals surface area contributed by atoms with Crippen LogP contribution in [0.15, 0.2) is 36.5 Å². The number of aromatic nitrogens is 2. The summed E-state index contributed by atoms with van der Waals surface area (Å²) in [5, 5.41) is 13.1. The fraction of sp³-hybridized carbons (Fsp3) is 0.389. The minimum atomic E-state index is -0.314. The molecule has 0 aliphatic heterocycles. The Hall–Kier alpha value is -2.34. The lowest BCUT2D eigenvalue weighted by Crippen LogP contribution is -2.41. The van der Waals surface area contributed by atoms with E-state index in [-0.39, 0.29) is 23.7 Å². The Morgan fingerprint density at radius 2 is 1.76 bits per heavy atom. The first kappa shape index (κ1) is 17.5. The molecule has 0 radical (unpaired) electrons. The Labute approximate surface area is 151 Å². The molecular weight excluding hydrogens is 340 g/mol. The number of nitrogens with one attached hydrogen (secondary N) is 3. The number of carbonyl (C=O) groups is 2. The number of anilines is 1. The third-order valence-corrected chi connectivity index (χ3v) is 4.81. The lowest BCUT2D eigenvalue weighted by molar-refractivity contribution is -0.134. The van der Waals surface area contributed by atoms with Crippen molar-refractivity contribution in [2.45, 2.75) is 32.2 Å². The SMILES string of the molecule is O=C(Nc1ccc(Cl)cc1)[C@H]1CCCC[C@H]1C(=O)NCc1ccn[nH]1. The highest BCUT2D eigenvalue weighted by molar-refractivity contribution is 6.30. The monoisotopic (exact) mass is 360 g/mol. The van der Waals surface area contributed by atoms with Crippen molar-refractivity contribution in [1.82, 2.24) is 15.5 Å². The quantitative estimate of drug-likeness (QED) is 0.765. The lowest BCUT2D eigenvalue weighted by atomic mass is 9.78. The topological polar surface area (TPSA) is 86.9 Å². The average molecular weight is 361 g/mol. The van der Waals surface area contributed by atoms with Gasteiger partial charge in [0.2, 0.25) is 11.8 Å². The first-order valence-corrected chi connectivity index (χ1v) is 8.83. The van der Waals surface area contributed by atoms with Crippen molar-refractivity contribution < 1.29 is 9.59 Å². The van der Waals surface area contributed by atoms with Gasteiger partial charge in [0, 0.05) is 28.7 Å². The first-order chi connectivity index (χ1) is 12.1. The van der Waals surface area contributed by atoms with E-state index in [4.69, 9.17) is 11.6 Å². The third-order valence-electron chi connectivity index (χ3n) is 4.56. The fourth-order valence-corrected chi connectivity index (χ4v) is 3.35. The highest BCUT2D eigenvalue weighted by Gasteiger charge is 2.35. The van der Waals surface area contributed by atoms with Crippen molar-refractivity contribution in [2.24, 2.45) is 11.8 Å². The van der Waals surface area contributed by atoms with Gasteiger partial charge in [-0.1, -0.05) is 24.4 Å². The van der Waals surface area contributed by atoms with Crippen LogP contribution in [0.3, 0.4) is 0 Å². The molecule has 132 valence electrons. The van der Waals surface area contributed by atoms with Gasteiger partial charge < -0.3 is 10.6 Å². The molecule has 3 rings (SSSR count).